The normalized spacial score (nSPS) is 18.8. The Morgan fingerprint density at radius 2 is 1.18 bits per heavy atom. The molecule has 0 nitrogen and oxygen atoms in total. The summed E-state index contributed by atoms with van der Waals surface area (Å²) in [5.41, 5.74) is 5.81. The molecule has 2 aromatic carbocycles. The molecular formula is C17H18. The first kappa shape index (κ1) is 10.6. The first-order valence-corrected chi connectivity index (χ1v) is 6.48. The van der Waals surface area contributed by atoms with E-state index in [0.29, 0.717) is 5.92 Å². The smallest absolute Gasteiger partial charge is 0.0150 e. The van der Waals surface area contributed by atoms with Crippen molar-refractivity contribution in [3.63, 3.8) is 0 Å². The Morgan fingerprint density at radius 3 is 1.76 bits per heavy atom. The molecule has 4 bridgehead atoms. The molecular weight excluding hydrogens is 204 g/mol. The van der Waals surface area contributed by atoms with Gasteiger partial charge in [-0.2, -0.15) is 0 Å². The first-order chi connectivity index (χ1) is 8.31. The summed E-state index contributed by atoms with van der Waals surface area (Å²) in [5.74, 6) is 0.606. The van der Waals surface area contributed by atoms with E-state index in [1.165, 1.54) is 22.3 Å². The molecule has 0 N–H and O–H groups in total. The van der Waals surface area contributed by atoms with Gasteiger partial charge in [-0.15, -0.1) is 0 Å². The quantitative estimate of drug-likeness (QED) is 0.628. The van der Waals surface area contributed by atoms with Crippen LogP contribution in [0.15, 0.2) is 48.5 Å². The van der Waals surface area contributed by atoms with Gasteiger partial charge in [-0.1, -0.05) is 55.5 Å². The van der Waals surface area contributed by atoms with Gasteiger partial charge in [0, 0.05) is 0 Å². The van der Waals surface area contributed by atoms with Crippen LogP contribution in [-0.2, 0) is 19.3 Å². The molecule has 0 saturated heterocycles. The third-order valence-electron chi connectivity index (χ3n) is 3.82. The second-order valence-corrected chi connectivity index (χ2v) is 5.16. The summed E-state index contributed by atoms with van der Waals surface area (Å²) in [7, 11) is 0. The third-order valence-corrected chi connectivity index (χ3v) is 3.82. The molecule has 4 aliphatic carbocycles. The van der Waals surface area contributed by atoms with E-state index in [1.807, 2.05) is 0 Å². The SMILES string of the molecule is CC1Cc2ccc(cc2)CCc2ccc1cc2. The lowest BCUT2D eigenvalue weighted by atomic mass is 9.90. The van der Waals surface area contributed by atoms with E-state index < -0.39 is 0 Å². The van der Waals surface area contributed by atoms with Crippen molar-refractivity contribution in [1.82, 2.24) is 0 Å². The Bertz CT molecular complexity index is 491. The van der Waals surface area contributed by atoms with Crippen molar-refractivity contribution in [1.29, 1.82) is 0 Å². The maximum absolute atomic E-state index is 2.31. The Balaban J connectivity index is 2.02. The fourth-order valence-corrected chi connectivity index (χ4v) is 2.61. The zero-order valence-corrected chi connectivity index (χ0v) is 10.3. The lowest BCUT2D eigenvalue weighted by molar-refractivity contribution is 0.756. The monoisotopic (exact) mass is 222 g/mol. The molecule has 4 aliphatic rings. The molecule has 0 aromatic heterocycles. The summed E-state index contributed by atoms with van der Waals surface area (Å²) < 4.78 is 0. The number of benzene rings is 2. The van der Waals surface area contributed by atoms with E-state index in [2.05, 4.69) is 55.5 Å². The van der Waals surface area contributed by atoms with Gasteiger partial charge in [0.25, 0.3) is 0 Å². The summed E-state index contributed by atoms with van der Waals surface area (Å²) in [5, 5.41) is 0. The Hall–Kier alpha value is -1.56. The van der Waals surface area contributed by atoms with Gasteiger partial charge in [-0.05, 0) is 47.4 Å². The highest BCUT2D eigenvalue weighted by Gasteiger charge is 2.08. The predicted octanol–water partition coefficient (Wildman–Crippen LogP) is 4.13. The van der Waals surface area contributed by atoms with Gasteiger partial charge in [0.1, 0.15) is 0 Å². The summed E-state index contributed by atoms with van der Waals surface area (Å²) in [6.45, 7) is 2.31. The molecule has 2 aromatic rings. The minimum Gasteiger partial charge on any atom is -0.0588 e. The van der Waals surface area contributed by atoms with Crippen LogP contribution in [0.25, 0.3) is 0 Å². The summed E-state index contributed by atoms with van der Waals surface area (Å²) in [4.78, 5) is 0. The maximum Gasteiger partial charge on any atom is -0.0150 e. The van der Waals surface area contributed by atoms with Gasteiger partial charge in [0.15, 0.2) is 0 Å². The zero-order valence-electron chi connectivity index (χ0n) is 10.3. The van der Waals surface area contributed by atoms with E-state index in [1.54, 1.807) is 0 Å². The minimum atomic E-state index is 0.606. The van der Waals surface area contributed by atoms with Crippen LogP contribution in [0.5, 0.6) is 0 Å². The molecule has 0 aliphatic heterocycles. The van der Waals surface area contributed by atoms with Gasteiger partial charge in [-0.25, -0.2) is 0 Å². The average Bonchev–Trinajstić information content (AvgIpc) is 2.36. The topological polar surface area (TPSA) is 0 Å². The minimum absolute atomic E-state index is 0.606. The summed E-state index contributed by atoms with van der Waals surface area (Å²) >= 11 is 0. The van der Waals surface area contributed by atoms with Crippen LogP contribution in [-0.4, -0.2) is 0 Å². The van der Waals surface area contributed by atoms with Crippen molar-refractivity contribution >= 4 is 0 Å². The van der Waals surface area contributed by atoms with Gasteiger partial charge >= 0.3 is 0 Å². The van der Waals surface area contributed by atoms with Crippen LogP contribution in [0, 0.1) is 0 Å². The van der Waals surface area contributed by atoms with Crippen molar-refractivity contribution in [2.75, 3.05) is 0 Å². The Labute approximate surface area is 103 Å². The summed E-state index contributed by atoms with van der Waals surface area (Å²) in [6, 6.07) is 18.3. The first-order valence-electron chi connectivity index (χ1n) is 6.48. The molecule has 17 heavy (non-hydrogen) atoms. The van der Waals surface area contributed by atoms with E-state index >= 15 is 0 Å². The molecule has 0 fully saturated rings. The molecule has 0 heterocycles. The highest BCUT2D eigenvalue weighted by atomic mass is 14.1. The Kier molecular flexibility index (Phi) is 2.72. The van der Waals surface area contributed by atoms with Crippen LogP contribution in [0.4, 0.5) is 0 Å². The van der Waals surface area contributed by atoms with Gasteiger partial charge in [0.05, 0.1) is 0 Å². The number of aryl methyl sites for hydroxylation is 2. The standard InChI is InChI=1S/C17H18/c1-13-12-16-6-4-14(5-7-16)2-3-15-8-10-17(13)11-9-15/h4-11,13H,2-3,12H2,1H3. The molecule has 0 heteroatoms. The molecule has 86 valence electrons. The number of rotatable bonds is 0. The zero-order chi connectivity index (χ0) is 11.7. The van der Waals surface area contributed by atoms with E-state index in [-0.39, 0.29) is 0 Å². The molecule has 1 atom stereocenters. The summed E-state index contributed by atoms with van der Waals surface area (Å²) in [6.07, 6.45) is 3.43. The predicted molar refractivity (Wildman–Crippen MR) is 72.4 cm³/mol. The lowest BCUT2D eigenvalue weighted by Gasteiger charge is -2.15. The lowest BCUT2D eigenvalue weighted by Crippen LogP contribution is -2.01. The molecule has 0 spiro atoms. The van der Waals surface area contributed by atoms with Gasteiger partial charge in [0.2, 0.25) is 0 Å². The second kappa shape index (κ2) is 4.37. The number of hydrogen-bond donors (Lipinski definition) is 0. The third kappa shape index (κ3) is 2.26. The molecule has 0 saturated carbocycles. The van der Waals surface area contributed by atoms with Crippen molar-refractivity contribution in [2.45, 2.75) is 32.1 Å². The van der Waals surface area contributed by atoms with Crippen molar-refractivity contribution in [3.8, 4) is 0 Å². The molecule has 0 radical (unpaired) electrons. The van der Waals surface area contributed by atoms with Gasteiger partial charge < -0.3 is 0 Å². The van der Waals surface area contributed by atoms with Crippen LogP contribution < -0.4 is 0 Å². The van der Waals surface area contributed by atoms with Crippen LogP contribution in [0.1, 0.15) is 35.1 Å². The molecule has 0 amide bonds. The number of hydrogen-bond acceptors (Lipinski definition) is 0. The largest absolute Gasteiger partial charge is 0.0588 e. The van der Waals surface area contributed by atoms with Crippen LogP contribution >= 0.6 is 0 Å². The van der Waals surface area contributed by atoms with Crippen LogP contribution in [0.2, 0.25) is 0 Å². The van der Waals surface area contributed by atoms with Crippen LogP contribution in [0.3, 0.4) is 0 Å². The fraction of sp³-hybridized carbons (Fsp3) is 0.294. The van der Waals surface area contributed by atoms with Gasteiger partial charge in [-0.3, -0.25) is 0 Å². The van der Waals surface area contributed by atoms with E-state index in [4.69, 9.17) is 0 Å². The van der Waals surface area contributed by atoms with E-state index in [0.717, 1.165) is 19.3 Å². The van der Waals surface area contributed by atoms with Crippen molar-refractivity contribution in [2.24, 2.45) is 0 Å². The van der Waals surface area contributed by atoms with E-state index in [9.17, 15) is 0 Å². The molecule has 1 unspecified atom stereocenters. The van der Waals surface area contributed by atoms with Crippen molar-refractivity contribution < 1.29 is 0 Å². The molecule has 6 rings (SSSR count). The highest BCUT2D eigenvalue weighted by molar-refractivity contribution is 5.31. The Morgan fingerprint density at radius 1 is 0.706 bits per heavy atom. The maximum atomic E-state index is 2.31. The fourth-order valence-electron chi connectivity index (χ4n) is 2.61. The highest BCUT2D eigenvalue weighted by Crippen LogP contribution is 2.23. The second-order valence-electron chi connectivity index (χ2n) is 5.16. The van der Waals surface area contributed by atoms with Crippen molar-refractivity contribution in [3.05, 3.63) is 70.8 Å². The average molecular weight is 222 g/mol.